The van der Waals surface area contributed by atoms with Gasteiger partial charge in [-0.3, -0.25) is 14.2 Å². The Kier molecular flexibility index (Phi) is 6.98. The number of carbonyl (C=O) groups is 1. The maximum atomic E-state index is 13.5. The molecule has 0 unspecified atom stereocenters. The smallest absolute Gasteiger partial charge is 0.266 e. The molecule has 1 amide bonds. The van der Waals surface area contributed by atoms with Crippen molar-refractivity contribution in [1.82, 2.24) is 9.55 Å². The number of anilines is 1. The monoisotopic (exact) mass is 535 g/mol. The Morgan fingerprint density at radius 3 is 2.50 bits per heavy atom. The zero-order valence-corrected chi connectivity index (χ0v) is 20.1. The summed E-state index contributed by atoms with van der Waals surface area (Å²) in [6.07, 6.45) is 2.46. The number of carbonyl (C=O) groups excluding carboxylic acids is 1. The molecule has 1 aromatic heterocycles. The molecule has 3 aromatic rings. The van der Waals surface area contributed by atoms with E-state index in [2.05, 4.69) is 29.2 Å². The number of hydrogen-bond donors (Lipinski definition) is 0. The van der Waals surface area contributed by atoms with Gasteiger partial charge in [-0.2, -0.15) is 0 Å². The Bertz CT molecular complexity index is 1170. The zero-order valence-electron chi connectivity index (χ0n) is 17.2. The summed E-state index contributed by atoms with van der Waals surface area (Å²) in [4.78, 5) is 32.3. The molecule has 30 heavy (non-hydrogen) atoms. The average molecular weight is 536 g/mol. The second-order valence-corrected chi connectivity index (χ2v) is 8.80. The first-order valence-corrected chi connectivity index (χ1v) is 11.1. The summed E-state index contributed by atoms with van der Waals surface area (Å²) < 4.78 is 2.42. The van der Waals surface area contributed by atoms with Gasteiger partial charge in [0.2, 0.25) is 5.91 Å². The quantitative estimate of drug-likeness (QED) is 0.301. The largest absolute Gasteiger partial charge is 0.311 e. The first-order chi connectivity index (χ1) is 14.3. The lowest BCUT2D eigenvalue weighted by atomic mass is 10.1. The highest BCUT2D eigenvalue weighted by Gasteiger charge is 2.21. The van der Waals surface area contributed by atoms with E-state index in [0.29, 0.717) is 34.7 Å². The predicted molar refractivity (Wildman–Crippen MR) is 132 cm³/mol. The van der Waals surface area contributed by atoms with Gasteiger partial charge in [0.05, 0.1) is 25.8 Å². The molecule has 156 valence electrons. The van der Waals surface area contributed by atoms with E-state index in [9.17, 15) is 9.59 Å². The molecule has 0 aliphatic rings. The van der Waals surface area contributed by atoms with Crippen molar-refractivity contribution < 1.29 is 4.79 Å². The van der Waals surface area contributed by atoms with E-state index in [0.717, 1.165) is 14.9 Å². The molecule has 3 rings (SSSR count). The highest BCUT2D eigenvalue weighted by molar-refractivity contribution is 14.1. The van der Waals surface area contributed by atoms with Crippen LogP contribution in [0.1, 0.15) is 38.9 Å². The van der Waals surface area contributed by atoms with Crippen molar-refractivity contribution in [3.63, 3.8) is 0 Å². The molecule has 0 radical (unpaired) electrons. The van der Waals surface area contributed by atoms with E-state index in [4.69, 9.17) is 16.6 Å². The zero-order chi connectivity index (χ0) is 22.0. The van der Waals surface area contributed by atoms with Crippen LogP contribution in [-0.2, 0) is 4.79 Å². The maximum Gasteiger partial charge on any atom is 0.266 e. The normalized spacial score (nSPS) is 11.1. The minimum absolute atomic E-state index is 0.0157. The molecule has 1 heterocycles. The Balaban J connectivity index is 2.29. The molecule has 0 N–H and O–H groups in total. The summed E-state index contributed by atoms with van der Waals surface area (Å²) in [5.74, 6) is 0.611. The SMILES string of the molecule is C=CCCN(C(C)=O)c1ccc2c(=O)n(-c3ccc(Cl)cc3)c(C(C)C)nc2c1I. The van der Waals surface area contributed by atoms with Gasteiger partial charge in [0.15, 0.2) is 0 Å². The Labute approximate surface area is 194 Å². The fraction of sp³-hybridized carbons (Fsp3) is 0.261. The van der Waals surface area contributed by atoms with Gasteiger partial charge in [0.1, 0.15) is 5.82 Å². The van der Waals surface area contributed by atoms with Crippen LogP contribution in [0.3, 0.4) is 0 Å². The molecule has 0 atom stereocenters. The molecule has 7 heteroatoms. The van der Waals surface area contributed by atoms with E-state index >= 15 is 0 Å². The van der Waals surface area contributed by atoms with Crippen LogP contribution in [0.25, 0.3) is 16.6 Å². The summed E-state index contributed by atoms with van der Waals surface area (Å²) >= 11 is 8.20. The standard InChI is InChI=1S/C23H23ClIN3O2/c1-5-6-13-27(15(4)29)19-12-11-18-21(20(19)25)26-22(14(2)3)28(23(18)30)17-9-7-16(24)8-10-17/h5,7-12,14H,1,6,13H2,2-4H3. The number of aromatic nitrogens is 2. The lowest BCUT2D eigenvalue weighted by molar-refractivity contribution is -0.116. The van der Waals surface area contributed by atoms with Gasteiger partial charge < -0.3 is 4.90 Å². The van der Waals surface area contributed by atoms with Crippen LogP contribution >= 0.6 is 34.2 Å². The topological polar surface area (TPSA) is 55.2 Å². The molecule has 0 fully saturated rings. The van der Waals surface area contributed by atoms with Crippen LogP contribution in [0.15, 0.2) is 53.8 Å². The fourth-order valence-electron chi connectivity index (χ4n) is 3.33. The summed E-state index contributed by atoms with van der Waals surface area (Å²) in [6.45, 7) is 9.81. The number of benzene rings is 2. The summed E-state index contributed by atoms with van der Waals surface area (Å²) in [5.41, 5.74) is 1.94. The maximum absolute atomic E-state index is 13.5. The lowest BCUT2D eigenvalue weighted by Gasteiger charge is -2.23. The molecule has 2 aromatic carbocycles. The third-order valence-corrected chi connectivity index (χ3v) is 6.13. The summed E-state index contributed by atoms with van der Waals surface area (Å²) in [6, 6.07) is 10.7. The minimum atomic E-state index is -0.143. The van der Waals surface area contributed by atoms with Crippen molar-refractivity contribution in [2.24, 2.45) is 0 Å². The van der Waals surface area contributed by atoms with E-state index in [1.807, 2.05) is 32.0 Å². The van der Waals surface area contributed by atoms with Gasteiger partial charge >= 0.3 is 0 Å². The average Bonchev–Trinajstić information content (AvgIpc) is 2.70. The highest BCUT2D eigenvalue weighted by atomic mass is 127. The number of nitrogens with zero attached hydrogens (tertiary/aromatic N) is 3. The van der Waals surface area contributed by atoms with Gasteiger partial charge in [0, 0.05) is 24.4 Å². The lowest BCUT2D eigenvalue weighted by Crippen LogP contribution is -2.30. The minimum Gasteiger partial charge on any atom is -0.311 e. The fourth-order valence-corrected chi connectivity index (χ4v) is 4.34. The molecule has 0 bridgehead atoms. The third kappa shape index (κ3) is 4.30. The predicted octanol–water partition coefficient (Wildman–Crippen LogP) is 5.70. The number of halogens is 2. The van der Waals surface area contributed by atoms with Gasteiger partial charge in [0.25, 0.3) is 5.56 Å². The second-order valence-electron chi connectivity index (χ2n) is 7.28. The molecule has 0 spiro atoms. The number of rotatable bonds is 6. The summed E-state index contributed by atoms with van der Waals surface area (Å²) in [5, 5.41) is 1.12. The van der Waals surface area contributed by atoms with Crippen molar-refractivity contribution in [2.45, 2.75) is 33.1 Å². The molecule has 5 nitrogen and oxygen atoms in total. The van der Waals surface area contributed by atoms with Gasteiger partial charge in [-0.1, -0.05) is 31.5 Å². The van der Waals surface area contributed by atoms with Crippen LogP contribution in [-0.4, -0.2) is 22.0 Å². The Morgan fingerprint density at radius 2 is 1.93 bits per heavy atom. The van der Waals surface area contributed by atoms with Gasteiger partial charge in [-0.05, 0) is 65.4 Å². The molecule has 0 saturated heterocycles. The van der Waals surface area contributed by atoms with E-state index in [1.165, 1.54) is 6.92 Å². The van der Waals surface area contributed by atoms with Crippen LogP contribution in [0.2, 0.25) is 5.02 Å². The van der Waals surface area contributed by atoms with Crippen LogP contribution in [0, 0.1) is 3.57 Å². The van der Waals surface area contributed by atoms with Crippen molar-refractivity contribution in [2.75, 3.05) is 11.4 Å². The van der Waals surface area contributed by atoms with Gasteiger partial charge in [-0.15, -0.1) is 6.58 Å². The van der Waals surface area contributed by atoms with E-state index in [-0.39, 0.29) is 17.4 Å². The second kappa shape index (κ2) is 9.31. The summed E-state index contributed by atoms with van der Waals surface area (Å²) in [7, 11) is 0. The van der Waals surface area contributed by atoms with Crippen molar-refractivity contribution >= 4 is 56.7 Å². The first-order valence-electron chi connectivity index (χ1n) is 9.66. The Hall–Kier alpha value is -2.19. The van der Waals surface area contributed by atoms with Crippen molar-refractivity contribution in [3.05, 3.63) is 73.8 Å². The highest BCUT2D eigenvalue weighted by Crippen LogP contribution is 2.30. The molecule has 0 aliphatic heterocycles. The number of amides is 1. The number of hydrogen-bond acceptors (Lipinski definition) is 3. The van der Waals surface area contributed by atoms with Crippen molar-refractivity contribution in [3.8, 4) is 5.69 Å². The van der Waals surface area contributed by atoms with Crippen LogP contribution in [0.5, 0.6) is 0 Å². The Morgan fingerprint density at radius 1 is 1.27 bits per heavy atom. The van der Waals surface area contributed by atoms with Crippen LogP contribution in [0.4, 0.5) is 5.69 Å². The third-order valence-electron chi connectivity index (χ3n) is 4.81. The van der Waals surface area contributed by atoms with E-state index in [1.54, 1.807) is 33.7 Å². The molecular weight excluding hydrogens is 513 g/mol. The number of fused-ring (bicyclic) bond motifs is 1. The molecule has 0 saturated carbocycles. The first kappa shape index (κ1) is 22.5. The van der Waals surface area contributed by atoms with Crippen LogP contribution < -0.4 is 10.5 Å². The molecular formula is C23H23ClIN3O2. The van der Waals surface area contributed by atoms with Crippen molar-refractivity contribution in [1.29, 1.82) is 0 Å². The van der Waals surface area contributed by atoms with E-state index < -0.39 is 0 Å². The molecule has 0 aliphatic carbocycles. The van der Waals surface area contributed by atoms with Gasteiger partial charge in [-0.25, -0.2) is 4.98 Å².